The molecule has 0 amide bonds. The summed E-state index contributed by atoms with van der Waals surface area (Å²) in [6.45, 7) is 0. The molecule has 0 saturated carbocycles. The van der Waals surface area contributed by atoms with Crippen LogP contribution in [0.1, 0.15) is 17.4 Å². The summed E-state index contributed by atoms with van der Waals surface area (Å²) in [6, 6.07) is 2.57. The molecule has 1 aromatic rings. The van der Waals surface area contributed by atoms with Crippen molar-refractivity contribution in [1.82, 2.24) is 0 Å². The van der Waals surface area contributed by atoms with Crippen molar-refractivity contribution in [2.75, 3.05) is 7.11 Å². The number of carbonyl (C=O) groups is 1. The van der Waals surface area contributed by atoms with E-state index in [1.807, 2.05) is 0 Å². The van der Waals surface area contributed by atoms with E-state index in [0.717, 1.165) is 18.4 Å². The predicted molar refractivity (Wildman–Crippen MR) is 58.6 cm³/mol. The second-order valence-electron chi connectivity index (χ2n) is 3.23. The van der Waals surface area contributed by atoms with Gasteiger partial charge in [-0.1, -0.05) is 11.3 Å². The number of carbonyl (C=O) groups excluding carboxylic acids is 1. The summed E-state index contributed by atoms with van der Waals surface area (Å²) < 4.78 is 4.34. The molecule has 8 heteroatoms. The fraction of sp³-hybridized carbons (Fsp3) is 0.444. The molecule has 0 saturated heterocycles. The SMILES string of the molecule is COC(=O)CC(O)C(O)c1ccc([N+](=O)[O-])s1. The Morgan fingerprint density at radius 3 is 2.71 bits per heavy atom. The van der Waals surface area contributed by atoms with Crippen LogP contribution in [0.4, 0.5) is 5.00 Å². The van der Waals surface area contributed by atoms with Crippen molar-refractivity contribution < 1.29 is 24.7 Å². The average molecular weight is 261 g/mol. The van der Waals surface area contributed by atoms with Gasteiger partial charge in [0, 0.05) is 10.9 Å². The highest BCUT2D eigenvalue weighted by Gasteiger charge is 2.24. The molecule has 2 N–H and O–H groups in total. The van der Waals surface area contributed by atoms with Crippen LogP contribution < -0.4 is 0 Å². The van der Waals surface area contributed by atoms with Crippen LogP contribution >= 0.6 is 11.3 Å². The highest BCUT2D eigenvalue weighted by atomic mass is 32.1. The number of aliphatic hydroxyl groups excluding tert-OH is 2. The molecule has 0 bridgehead atoms. The zero-order chi connectivity index (χ0) is 13.0. The summed E-state index contributed by atoms with van der Waals surface area (Å²) >= 11 is 0.751. The van der Waals surface area contributed by atoms with Gasteiger partial charge in [-0.25, -0.2) is 0 Å². The van der Waals surface area contributed by atoms with E-state index >= 15 is 0 Å². The maximum absolute atomic E-state index is 10.9. The van der Waals surface area contributed by atoms with Gasteiger partial charge in [-0.15, -0.1) is 0 Å². The summed E-state index contributed by atoms with van der Waals surface area (Å²) in [4.78, 5) is 20.9. The third kappa shape index (κ3) is 3.48. The minimum atomic E-state index is -1.35. The van der Waals surface area contributed by atoms with Crippen LogP contribution in [0.15, 0.2) is 12.1 Å². The standard InChI is InChI=1S/C9H11NO6S/c1-16-8(12)4-5(11)9(13)6-2-3-7(17-6)10(14)15/h2-3,5,9,11,13H,4H2,1H3. The molecule has 0 aliphatic heterocycles. The van der Waals surface area contributed by atoms with Crippen LogP contribution in [0, 0.1) is 10.1 Å². The van der Waals surface area contributed by atoms with E-state index in [2.05, 4.69) is 4.74 Å². The molecule has 0 aliphatic carbocycles. The number of ether oxygens (including phenoxy) is 1. The summed E-state index contributed by atoms with van der Waals surface area (Å²) in [5.41, 5.74) is 0. The van der Waals surface area contributed by atoms with Gasteiger partial charge in [0.25, 0.3) is 0 Å². The average Bonchev–Trinajstić information content (AvgIpc) is 2.77. The molecule has 0 aromatic carbocycles. The molecule has 1 heterocycles. The first-order valence-corrected chi connectivity index (χ1v) is 5.44. The first-order chi connectivity index (χ1) is 7.95. The van der Waals surface area contributed by atoms with Crippen LogP contribution in [0.3, 0.4) is 0 Å². The smallest absolute Gasteiger partial charge is 0.324 e. The Morgan fingerprint density at radius 1 is 1.59 bits per heavy atom. The van der Waals surface area contributed by atoms with Crippen LogP contribution in [-0.4, -0.2) is 34.3 Å². The Bertz CT molecular complexity index is 417. The third-order valence-corrected chi connectivity index (χ3v) is 3.16. The number of nitro groups is 1. The summed E-state index contributed by atoms with van der Waals surface area (Å²) in [5.74, 6) is -0.664. The van der Waals surface area contributed by atoms with Gasteiger partial charge >= 0.3 is 11.0 Å². The van der Waals surface area contributed by atoms with Gasteiger partial charge in [0.2, 0.25) is 0 Å². The van der Waals surface area contributed by atoms with Gasteiger partial charge in [0.1, 0.15) is 6.10 Å². The van der Waals surface area contributed by atoms with Gasteiger partial charge in [0.15, 0.2) is 0 Å². The molecule has 2 unspecified atom stereocenters. The molecule has 0 aliphatic rings. The molecule has 1 rings (SSSR count). The Labute approximate surface area is 100 Å². The normalized spacial score (nSPS) is 14.1. The zero-order valence-electron chi connectivity index (χ0n) is 8.90. The van der Waals surface area contributed by atoms with E-state index in [-0.39, 0.29) is 16.3 Å². The van der Waals surface area contributed by atoms with E-state index in [1.165, 1.54) is 12.1 Å². The Balaban J connectivity index is 2.70. The number of hydrogen-bond acceptors (Lipinski definition) is 7. The fourth-order valence-electron chi connectivity index (χ4n) is 1.15. The molecule has 0 spiro atoms. The van der Waals surface area contributed by atoms with Crippen molar-refractivity contribution in [2.24, 2.45) is 0 Å². The van der Waals surface area contributed by atoms with Crippen molar-refractivity contribution in [3.8, 4) is 0 Å². The van der Waals surface area contributed by atoms with E-state index in [4.69, 9.17) is 0 Å². The van der Waals surface area contributed by atoms with E-state index in [9.17, 15) is 25.1 Å². The van der Waals surface area contributed by atoms with E-state index < -0.39 is 23.1 Å². The number of methoxy groups -OCH3 is 1. The van der Waals surface area contributed by atoms with Gasteiger partial charge in [-0.3, -0.25) is 14.9 Å². The van der Waals surface area contributed by atoms with Gasteiger partial charge in [0.05, 0.1) is 24.6 Å². The molecule has 1 aromatic heterocycles. The highest BCUT2D eigenvalue weighted by Crippen LogP contribution is 2.31. The largest absolute Gasteiger partial charge is 0.469 e. The van der Waals surface area contributed by atoms with Gasteiger partial charge < -0.3 is 14.9 Å². The van der Waals surface area contributed by atoms with Gasteiger partial charge in [-0.2, -0.15) is 0 Å². The summed E-state index contributed by atoms with van der Waals surface area (Å²) in [5, 5.41) is 29.5. The maximum Gasteiger partial charge on any atom is 0.324 e. The van der Waals surface area contributed by atoms with Crippen LogP contribution in [0.25, 0.3) is 0 Å². The Hall–Kier alpha value is -1.51. The number of hydrogen-bond donors (Lipinski definition) is 2. The van der Waals surface area contributed by atoms with Crippen LogP contribution in [0.2, 0.25) is 0 Å². The van der Waals surface area contributed by atoms with Crippen molar-refractivity contribution in [3.63, 3.8) is 0 Å². The van der Waals surface area contributed by atoms with Crippen molar-refractivity contribution in [1.29, 1.82) is 0 Å². The number of rotatable bonds is 5. The minimum Gasteiger partial charge on any atom is -0.469 e. The first-order valence-electron chi connectivity index (χ1n) is 4.62. The van der Waals surface area contributed by atoms with Gasteiger partial charge in [-0.05, 0) is 6.07 Å². The topological polar surface area (TPSA) is 110 Å². The number of esters is 1. The lowest BCUT2D eigenvalue weighted by Gasteiger charge is -2.14. The molecule has 0 radical (unpaired) electrons. The fourth-order valence-corrected chi connectivity index (χ4v) is 2.02. The number of thiophene rings is 1. The molecule has 2 atom stereocenters. The zero-order valence-corrected chi connectivity index (χ0v) is 9.72. The lowest BCUT2D eigenvalue weighted by molar-refractivity contribution is -0.380. The van der Waals surface area contributed by atoms with Crippen LogP contribution in [0.5, 0.6) is 0 Å². The number of nitrogens with zero attached hydrogens (tertiary/aromatic N) is 1. The Morgan fingerprint density at radius 2 is 2.24 bits per heavy atom. The van der Waals surface area contributed by atoms with Crippen molar-refractivity contribution in [2.45, 2.75) is 18.6 Å². The molecule has 0 fully saturated rings. The van der Waals surface area contributed by atoms with Crippen LogP contribution in [-0.2, 0) is 9.53 Å². The second kappa shape index (κ2) is 5.71. The number of aliphatic hydroxyl groups is 2. The molecule has 7 nitrogen and oxygen atoms in total. The van der Waals surface area contributed by atoms with E-state index in [0.29, 0.717) is 0 Å². The molecule has 94 valence electrons. The lowest BCUT2D eigenvalue weighted by Crippen LogP contribution is -2.21. The summed E-state index contributed by atoms with van der Waals surface area (Å²) in [7, 11) is 1.16. The summed E-state index contributed by atoms with van der Waals surface area (Å²) in [6.07, 6.45) is -3.06. The third-order valence-electron chi connectivity index (χ3n) is 2.05. The molecule has 17 heavy (non-hydrogen) atoms. The van der Waals surface area contributed by atoms with E-state index in [1.54, 1.807) is 0 Å². The molecular weight excluding hydrogens is 250 g/mol. The quantitative estimate of drug-likeness (QED) is 0.456. The second-order valence-corrected chi connectivity index (χ2v) is 4.32. The monoisotopic (exact) mass is 261 g/mol. The molecular formula is C9H11NO6S. The first kappa shape index (κ1) is 13.6. The Kier molecular flexibility index (Phi) is 4.55. The van der Waals surface area contributed by atoms with Crippen molar-refractivity contribution >= 4 is 22.3 Å². The maximum atomic E-state index is 10.9. The van der Waals surface area contributed by atoms with Crippen molar-refractivity contribution in [3.05, 3.63) is 27.1 Å². The minimum absolute atomic E-state index is 0.135. The predicted octanol–water partition coefficient (Wildman–Crippen LogP) is 0.614. The highest BCUT2D eigenvalue weighted by molar-refractivity contribution is 7.15. The lowest BCUT2D eigenvalue weighted by atomic mass is 10.1.